The molecule has 1 fully saturated rings. The van der Waals surface area contributed by atoms with Crippen LogP contribution in [0.3, 0.4) is 0 Å². The summed E-state index contributed by atoms with van der Waals surface area (Å²) in [7, 11) is 1.99. The molecule has 0 bridgehead atoms. The van der Waals surface area contributed by atoms with Crippen molar-refractivity contribution in [3.05, 3.63) is 33.8 Å². The van der Waals surface area contributed by atoms with Crippen molar-refractivity contribution >= 4 is 41.5 Å². The second-order valence-electron chi connectivity index (χ2n) is 5.96. The van der Waals surface area contributed by atoms with Crippen LogP contribution in [0.2, 0.25) is 10.0 Å². The SMILES string of the molecule is CNCCC1CCN(C(=O)CCc2ccc(Cl)c(Cl)c2)CC1.Cl. The molecule has 3 nitrogen and oxygen atoms in total. The van der Waals surface area contributed by atoms with E-state index < -0.39 is 0 Å². The summed E-state index contributed by atoms with van der Waals surface area (Å²) in [6.07, 6.45) is 4.72. The summed E-state index contributed by atoms with van der Waals surface area (Å²) in [4.78, 5) is 14.3. The van der Waals surface area contributed by atoms with Crippen LogP contribution >= 0.6 is 35.6 Å². The monoisotopic (exact) mass is 378 g/mol. The van der Waals surface area contributed by atoms with Crippen LogP contribution in [0.15, 0.2) is 18.2 Å². The summed E-state index contributed by atoms with van der Waals surface area (Å²) in [5, 5.41) is 4.30. The zero-order valence-corrected chi connectivity index (χ0v) is 15.8. The van der Waals surface area contributed by atoms with Gasteiger partial charge in [0.25, 0.3) is 0 Å². The fourth-order valence-corrected chi connectivity index (χ4v) is 3.24. The molecule has 0 saturated carbocycles. The molecule has 0 spiro atoms. The van der Waals surface area contributed by atoms with Gasteiger partial charge in [-0.3, -0.25) is 4.79 Å². The van der Waals surface area contributed by atoms with Gasteiger partial charge in [0.2, 0.25) is 5.91 Å². The average molecular weight is 380 g/mol. The first-order valence-corrected chi connectivity index (χ1v) is 8.72. The molecule has 1 heterocycles. The predicted octanol–water partition coefficient (Wildman–Crippen LogP) is 4.20. The van der Waals surface area contributed by atoms with Gasteiger partial charge in [0.05, 0.1) is 10.0 Å². The van der Waals surface area contributed by atoms with Gasteiger partial charge in [-0.15, -0.1) is 12.4 Å². The Bertz CT molecular complexity index is 503. The third kappa shape index (κ3) is 6.50. The maximum absolute atomic E-state index is 12.3. The van der Waals surface area contributed by atoms with Crippen molar-refractivity contribution in [1.29, 1.82) is 0 Å². The second-order valence-corrected chi connectivity index (χ2v) is 6.78. The highest BCUT2D eigenvalue weighted by atomic mass is 35.5. The van der Waals surface area contributed by atoms with Crippen molar-refractivity contribution in [2.24, 2.45) is 5.92 Å². The van der Waals surface area contributed by atoms with E-state index in [9.17, 15) is 4.79 Å². The molecule has 1 aromatic carbocycles. The third-order valence-electron chi connectivity index (χ3n) is 4.38. The maximum atomic E-state index is 12.3. The molecule has 0 atom stereocenters. The Morgan fingerprint density at radius 3 is 2.57 bits per heavy atom. The number of hydrogen-bond acceptors (Lipinski definition) is 2. The summed E-state index contributed by atoms with van der Waals surface area (Å²) in [6, 6.07) is 5.57. The van der Waals surface area contributed by atoms with Gasteiger partial charge >= 0.3 is 0 Å². The largest absolute Gasteiger partial charge is 0.343 e. The van der Waals surface area contributed by atoms with E-state index in [-0.39, 0.29) is 18.3 Å². The third-order valence-corrected chi connectivity index (χ3v) is 5.12. The summed E-state index contributed by atoms with van der Waals surface area (Å²) in [6.45, 7) is 2.86. The normalized spacial score (nSPS) is 15.3. The molecule has 2 rings (SSSR count). The van der Waals surface area contributed by atoms with E-state index in [1.165, 1.54) is 6.42 Å². The minimum Gasteiger partial charge on any atom is -0.343 e. The van der Waals surface area contributed by atoms with E-state index in [4.69, 9.17) is 23.2 Å². The molecule has 1 N–H and O–H groups in total. The Balaban J connectivity index is 0.00000264. The van der Waals surface area contributed by atoms with Crippen LogP contribution in [0.1, 0.15) is 31.2 Å². The molecular formula is C17H25Cl3N2O. The number of rotatable bonds is 6. The van der Waals surface area contributed by atoms with Crippen LogP contribution in [0.4, 0.5) is 0 Å². The quantitative estimate of drug-likeness (QED) is 0.803. The van der Waals surface area contributed by atoms with Crippen molar-refractivity contribution in [2.75, 3.05) is 26.7 Å². The number of nitrogens with one attached hydrogen (secondary N) is 1. The van der Waals surface area contributed by atoms with E-state index in [0.717, 1.165) is 50.4 Å². The van der Waals surface area contributed by atoms with Crippen LogP contribution in [0.5, 0.6) is 0 Å². The summed E-state index contributed by atoms with van der Waals surface area (Å²) in [5.41, 5.74) is 1.06. The van der Waals surface area contributed by atoms with Crippen molar-refractivity contribution in [2.45, 2.75) is 32.1 Å². The molecule has 130 valence electrons. The Labute approximate surface area is 155 Å². The molecular weight excluding hydrogens is 355 g/mol. The van der Waals surface area contributed by atoms with Gasteiger partial charge in [-0.05, 0) is 62.9 Å². The lowest BCUT2D eigenvalue weighted by Gasteiger charge is -2.32. The van der Waals surface area contributed by atoms with Gasteiger partial charge in [0.1, 0.15) is 0 Å². The van der Waals surface area contributed by atoms with E-state index in [1.54, 1.807) is 6.07 Å². The van der Waals surface area contributed by atoms with Crippen LogP contribution in [-0.2, 0) is 11.2 Å². The van der Waals surface area contributed by atoms with E-state index in [1.807, 2.05) is 24.1 Å². The van der Waals surface area contributed by atoms with Crippen molar-refractivity contribution in [3.8, 4) is 0 Å². The molecule has 0 unspecified atom stereocenters. The smallest absolute Gasteiger partial charge is 0.222 e. The van der Waals surface area contributed by atoms with Crippen molar-refractivity contribution < 1.29 is 4.79 Å². The average Bonchev–Trinajstić information content (AvgIpc) is 2.54. The highest BCUT2D eigenvalue weighted by Crippen LogP contribution is 2.24. The molecule has 1 aliphatic heterocycles. The predicted molar refractivity (Wildman–Crippen MR) is 99.9 cm³/mol. The minimum absolute atomic E-state index is 0. The maximum Gasteiger partial charge on any atom is 0.222 e. The van der Waals surface area contributed by atoms with Crippen molar-refractivity contribution in [1.82, 2.24) is 10.2 Å². The van der Waals surface area contributed by atoms with Gasteiger partial charge in [-0.1, -0.05) is 29.3 Å². The number of piperidine rings is 1. The second kappa shape index (κ2) is 10.4. The van der Waals surface area contributed by atoms with E-state index >= 15 is 0 Å². The highest BCUT2D eigenvalue weighted by molar-refractivity contribution is 6.42. The fraction of sp³-hybridized carbons (Fsp3) is 0.588. The van der Waals surface area contributed by atoms with Gasteiger partial charge in [0.15, 0.2) is 0 Å². The Morgan fingerprint density at radius 1 is 1.26 bits per heavy atom. The lowest BCUT2D eigenvalue weighted by atomic mass is 9.93. The number of benzene rings is 1. The summed E-state index contributed by atoms with van der Waals surface area (Å²) in [5.74, 6) is 1.00. The zero-order chi connectivity index (χ0) is 15.9. The number of carbonyl (C=O) groups excluding carboxylic acids is 1. The van der Waals surface area contributed by atoms with Gasteiger partial charge in [0, 0.05) is 19.5 Å². The molecule has 0 radical (unpaired) electrons. The number of aryl methyl sites for hydroxylation is 1. The number of halogens is 3. The summed E-state index contributed by atoms with van der Waals surface area (Å²) >= 11 is 11.9. The molecule has 23 heavy (non-hydrogen) atoms. The number of carbonyl (C=O) groups is 1. The zero-order valence-electron chi connectivity index (χ0n) is 13.5. The molecule has 0 aliphatic carbocycles. The topological polar surface area (TPSA) is 32.3 Å². The lowest BCUT2D eigenvalue weighted by molar-refractivity contribution is -0.132. The Hall–Kier alpha value is -0.480. The highest BCUT2D eigenvalue weighted by Gasteiger charge is 2.22. The van der Waals surface area contributed by atoms with Crippen LogP contribution < -0.4 is 5.32 Å². The summed E-state index contributed by atoms with van der Waals surface area (Å²) < 4.78 is 0. The van der Waals surface area contributed by atoms with Crippen LogP contribution in [-0.4, -0.2) is 37.5 Å². The fourth-order valence-electron chi connectivity index (χ4n) is 2.92. The van der Waals surface area contributed by atoms with Crippen LogP contribution in [0, 0.1) is 5.92 Å². The molecule has 1 aliphatic rings. The molecule has 6 heteroatoms. The number of hydrogen-bond donors (Lipinski definition) is 1. The lowest BCUT2D eigenvalue weighted by Crippen LogP contribution is -2.39. The number of amides is 1. The minimum atomic E-state index is 0. The molecule has 0 aromatic heterocycles. The van der Waals surface area contributed by atoms with E-state index in [0.29, 0.717) is 16.5 Å². The first-order valence-electron chi connectivity index (χ1n) is 7.96. The van der Waals surface area contributed by atoms with Gasteiger partial charge in [-0.25, -0.2) is 0 Å². The Kier molecular flexibility index (Phi) is 9.30. The first kappa shape index (κ1) is 20.6. The Morgan fingerprint density at radius 2 is 1.96 bits per heavy atom. The number of likely N-dealkylation sites (tertiary alicyclic amines) is 1. The van der Waals surface area contributed by atoms with Crippen LogP contribution in [0.25, 0.3) is 0 Å². The van der Waals surface area contributed by atoms with Gasteiger partial charge in [-0.2, -0.15) is 0 Å². The first-order chi connectivity index (χ1) is 10.6. The van der Waals surface area contributed by atoms with E-state index in [2.05, 4.69) is 5.32 Å². The number of nitrogens with zero attached hydrogens (tertiary/aromatic N) is 1. The van der Waals surface area contributed by atoms with Gasteiger partial charge < -0.3 is 10.2 Å². The molecule has 1 amide bonds. The molecule has 1 saturated heterocycles. The van der Waals surface area contributed by atoms with Crippen molar-refractivity contribution in [3.63, 3.8) is 0 Å². The molecule has 1 aromatic rings. The standard InChI is InChI=1S/C17H24Cl2N2O.ClH/c1-20-9-6-13-7-10-21(11-8-13)17(22)5-3-14-2-4-15(18)16(19)12-14;/h2,4,12-13,20H,3,5-11H2,1H3;1H.